The van der Waals surface area contributed by atoms with Gasteiger partial charge in [0.2, 0.25) is 5.95 Å². The maximum absolute atomic E-state index is 14.0. The number of fused-ring (bicyclic) bond motifs is 1. The number of nitro groups is 1. The number of rotatable bonds is 8. The number of carbonyl (C=O) groups is 1. The Morgan fingerprint density at radius 1 is 1.10 bits per heavy atom. The van der Waals surface area contributed by atoms with Crippen molar-refractivity contribution in [3.8, 4) is 0 Å². The molecule has 40 heavy (non-hydrogen) atoms. The van der Waals surface area contributed by atoms with Crippen LogP contribution in [0.15, 0.2) is 61.4 Å². The van der Waals surface area contributed by atoms with E-state index >= 15 is 0 Å². The van der Waals surface area contributed by atoms with Crippen molar-refractivity contribution in [2.24, 2.45) is 0 Å². The SMILES string of the molecule is C=CCNc1nc(N2CCN(C(=O)Nc3ccc(F)cc3F)CC2)nc2c1ncn2Cc1ccc([N+](=O)[O-])cc1. The van der Waals surface area contributed by atoms with E-state index in [-0.39, 0.29) is 11.4 Å². The van der Waals surface area contributed by atoms with Gasteiger partial charge in [-0.1, -0.05) is 18.2 Å². The molecule has 0 aliphatic carbocycles. The van der Waals surface area contributed by atoms with Gasteiger partial charge in [0, 0.05) is 50.9 Å². The number of hydrogen-bond donors (Lipinski definition) is 2. The monoisotopic (exact) mass is 549 g/mol. The Kier molecular flexibility index (Phi) is 7.48. The first-order valence-electron chi connectivity index (χ1n) is 12.4. The third-order valence-electron chi connectivity index (χ3n) is 6.39. The van der Waals surface area contributed by atoms with Crippen molar-refractivity contribution in [3.63, 3.8) is 0 Å². The van der Waals surface area contributed by atoms with Crippen molar-refractivity contribution in [1.82, 2.24) is 24.4 Å². The minimum Gasteiger partial charge on any atom is -0.365 e. The van der Waals surface area contributed by atoms with Gasteiger partial charge in [-0.25, -0.2) is 18.6 Å². The Morgan fingerprint density at radius 2 is 1.85 bits per heavy atom. The number of aromatic nitrogens is 4. The lowest BCUT2D eigenvalue weighted by Crippen LogP contribution is -2.50. The summed E-state index contributed by atoms with van der Waals surface area (Å²) >= 11 is 0. The van der Waals surface area contributed by atoms with Crippen LogP contribution in [0.3, 0.4) is 0 Å². The molecule has 1 fully saturated rings. The second-order valence-electron chi connectivity index (χ2n) is 9.04. The lowest BCUT2D eigenvalue weighted by atomic mass is 10.2. The number of urea groups is 1. The van der Waals surface area contributed by atoms with Crippen LogP contribution in [0.5, 0.6) is 0 Å². The van der Waals surface area contributed by atoms with Crippen LogP contribution in [0.25, 0.3) is 11.2 Å². The van der Waals surface area contributed by atoms with Crippen molar-refractivity contribution >= 4 is 40.3 Å². The van der Waals surface area contributed by atoms with Crippen molar-refractivity contribution in [1.29, 1.82) is 0 Å². The van der Waals surface area contributed by atoms with Crippen LogP contribution in [-0.4, -0.2) is 68.1 Å². The van der Waals surface area contributed by atoms with Gasteiger partial charge in [-0.3, -0.25) is 10.1 Å². The van der Waals surface area contributed by atoms with E-state index in [0.29, 0.717) is 68.3 Å². The molecule has 0 unspecified atom stereocenters. The highest BCUT2D eigenvalue weighted by Crippen LogP contribution is 2.25. The molecule has 2 aromatic carbocycles. The molecule has 1 saturated heterocycles. The fourth-order valence-electron chi connectivity index (χ4n) is 4.30. The molecule has 2 amide bonds. The molecule has 0 spiro atoms. The van der Waals surface area contributed by atoms with Crippen LogP contribution in [0, 0.1) is 21.7 Å². The predicted molar refractivity (Wildman–Crippen MR) is 145 cm³/mol. The molecule has 0 bridgehead atoms. The first kappa shape index (κ1) is 26.5. The highest BCUT2D eigenvalue weighted by atomic mass is 19.1. The third-order valence-corrected chi connectivity index (χ3v) is 6.39. The molecule has 0 saturated carbocycles. The number of carbonyl (C=O) groups excluding carboxylic acids is 1. The molecule has 1 aliphatic rings. The topological polar surface area (TPSA) is 134 Å². The van der Waals surface area contributed by atoms with Crippen molar-refractivity contribution < 1.29 is 18.5 Å². The highest BCUT2D eigenvalue weighted by molar-refractivity contribution is 5.89. The smallest absolute Gasteiger partial charge is 0.322 e. The number of nitrogens with zero attached hydrogens (tertiary/aromatic N) is 7. The largest absolute Gasteiger partial charge is 0.365 e. The first-order valence-corrected chi connectivity index (χ1v) is 12.4. The van der Waals surface area contributed by atoms with Gasteiger partial charge < -0.3 is 25.0 Å². The first-order chi connectivity index (χ1) is 19.3. The Labute approximate surface area is 227 Å². The maximum atomic E-state index is 14.0. The predicted octanol–water partition coefficient (Wildman–Crippen LogP) is 4.01. The Hall–Kier alpha value is -5.14. The van der Waals surface area contributed by atoms with Gasteiger partial charge in [-0.2, -0.15) is 9.97 Å². The average Bonchev–Trinajstić information content (AvgIpc) is 3.36. The second kappa shape index (κ2) is 11.3. The van der Waals surface area contributed by atoms with Crippen LogP contribution >= 0.6 is 0 Å². The zero-order chi connectivity index (χ0) is 28.2. The average molecular weight is 550 g/mol. The normalized spacial score (nSPS) is 13.3. The maximum Gasteiger partial charge on any atom is 0.322 e. The fourth-order valence-corrected chi connectivity index (χ4v) is 4.30. The Morgan fingerprint density at radius 3 is 2.52 bits per heavy atom. The molecule has 4 aromatic rings. The fraction of sp³-hybridized carbons (Fsp3) is 0.231. The van der Waals surface area contributed by atoms with Gasteiger partial charge >= 0.3 is 6.03 Å². The molecule has 2 N–H and O–H groups in total. The molecule has 5 rings (SSSR count). The summed E-state index contributed by atoms with van der Waals surface area (Å²) in [5, 5.41) is 16.7. The van der Waals surface area contributed by atoms with E-state index < -0.39 is 22.6 Å². The lowest BCUT2D eigenvalue weighted by Gasteiger charge is -2.34. The van der Waals surface area contributed by atoms with E-state index in [2.05, 4.69) is 27.2 Å². The molecule has 3 heterocycles. The molecule has 14 heteroatoms. The van der Waals surface area contributed by atoms with Crippen LogP contribution in [-0.2, 0) is 6.54 Å². The van der Waals surface area contributed by atoms with E-state index in [1.807, 2.05) is 9.47 Å². The summed E-state index contributed by atoms with van der Waals surface area (Å²) in [5.41, 5.74) is 1.88. The third kappa shape index (κ3) is 5.65. The zero-order valence-corrected chi connectivity index (χ0v) is 21.3. The molecule has 12 nitrogen and oxygen atoms in total. The molecule has 2 aromatic heterocycles. The van der Waals surface area contributed by atoms with E-state index in [9.17, 15) is 23.7 Å². The summed E-state index contributed by atoms with van der Waals surface area (Å²) in [5.74, 6) is -0.612. The van der Waals surface area contributed by atoms with Gasteiger partial charge in [0.25, 0.3) is 5.69 Å². The van der Waals surface area contributed by atoms with Gasteiger partial charge in [-0.05, 0) is 17.7 Å². The van der Waals surface area contributed by atoms with Gasteiger partial charge in [0.1, 0.15) is 11.6 Å². The minimum absolute atomic E-state index is 0.00962. The molecule has 1 aliphatic heterocycles. The molecule has 0 radical (unpaired) electrons. The number of imidazole rings is 1. The van der Waals surface area contributed by atoms with Crippen LogP contribution in [0.1, 0.15) is 5.56 Å². The Balaban J connectivity index is 1.34. The summed E-state index contributed by atoms with van der Waals surface area (Å²) in [4.78, 5) is 40.6. The van der Waals surface area contributed by atoms with E-state index in [0.717, 1.165) is 11.6 Å². The number of hydrogen-bond acceptors (Lipinski definition) is 8. The second-order valence-corrected chi connectivity index (χ2v) is 9.04. The molecule has 0 atom stereocenters. The number of piperazine rings is 1. The summed E-state index contributed by atoms with van der Waals surface area (Å²) in [7, 11) is 0. The van der Waals surface area contributed by atoms with Crippen LogP contribution in [0.4, 0.5) is 36.7 Å². The van der Waals surface area contributed by atoms with Gasteiger partial charge in [0.05, 0.1) is 23.5 Å². The van der Waals surface area contributed by atoms with Crippen molar-refractivity contribution in [3.05, 3.63) is 88.8 Å². The lowest BCUT2D eigenvalue weighted by molar-refractivity contribution is -0.384. The van der Waals surface area contributed by atoms with Crippen molar-refractivity contribution in [2.75, 3.05) is 48.3 Å². The highest BCUT2D eigenvalue weighted by Gasteiger charge is 2.25. The number of amides is 2. The van der Waals surface area contributed by atoms with E-state index in [1.165, 1.54) is 23.1 Å². The number of halogens is 2. The number of nitrogens with one attached hydrogen (secondary N) is 2. The van der Waals surface area contributed by atoms with Gasteiger partial charge in [-0.15, -0.1) is 6.58 Å². The number of anilines is 3. The van der Waals surface area contributed by atoms with E-state index in [4.69, 9.17) is 4.98 Å². The summed E-state index contributed by atoms with van der Waals surface area (Å²) in [6.45, 7) is 6.07. The minimum atomic E-state index is -0.849. The summed E-state index contributed by atoms with van der Waals surface area (Å²) < 4.78 is 29.0. The number of benzene rings is 2. The van der Waals surface area contributed by atoms with Crippen molar-refractivity contribution in [2.45, 2.75) is 6.54 Å². The number of nitro benzene ring substituents is 1. The Bertz CT molecular complexity index is 1570. The zero-order valence-electron chi connectivity index (χ0n) is 21.3. The standard InChI is InChI=1S/C26H25F2N9O3/c1-2-9-29-23-22-24(36(16-30-22)15-17-3-6-19(7-4-17)37(39)40)33-25(32-23)34-10-12-35(13-11-34)26(38)31-21-8-5-18(27)14-20(21)28/h2-8,14,16H,1,9-13,15H2,(H,31,38)(H,29,32,33). The summed E-state index contributed by atoms with van der Waals surface area (Å²) in [6.07, 6.45) is 3.34. The molecular weight excluding hydrogens is 524 g/mol. The quantitative estimate of drug-likeness (QED) is 0.191. The molecule has 206 valence electrons. The number of non-ortho nitro benzene ring substituents is 1. The van der Waals surface area contributed by atoms with Crippen LogP contribution in [0.2, 0.25) is 0 Å². The van der Waals surface area contributed by atoms with E-state index in [1.54, 1.807) is 24.5 Å². The van der Waals surface area contributed by atoms with Crippen LogP contribution < -0.4 is 15.5 Å². The molecular formula is C26H25F2N9O3. The summed E-state index contributed by atoms with van der Waals surface area (Å²) in [6, 6.07) is 8.75. The van der Waals surface area contributed by atoms with Gasteiger partial charge in [0.15, 0.2) is 17.0 Å².